The molecule has 0 radical (unpaired) electrons. The monoisotopic (exact) mass is 292 g/mol. The molecule has 1 aromatic rings. The van der Waals surface area contributed by atoms with Gasteiger partial charge in [-0.25, -0.2) is 0 Å². The molecular formula is C16H28N2OSi. The second-order valence-electron chi connectivity index (χ2n) is 7.40. The van der Waals surface area contributed by atoms with Gasteiger partial charge in [-0.1, -0.05) is 20.8 Å². The third-order valence-corrected chi connectivity index (χ3v) is 9.18. The van der Waals surface area contributed by atoms with Crippen LogP contribution in [0.3, 0.4) is 0 Å². The van der Waals surface area contributed by atoms with Gasteiger partial charge in [0.15, 0.2) is 8.32 Å². The molecule has 0 saturated heterocycles. The Kier molecular flexibility index (Phi) is 4.26. The topological polar surface area (TPSA) is 25.4 Å². The molecule has 1 fully saturated rings. The number of rotatable bonds is 5. The largest absolute Gasteiger partial charge is 0.411 e. The molecule has 0 amide bonds. The highest BCUT2D eigenvalue weighted by atomic mass is 28.4. The van der Waals surface area contributed by atoms with Gasteiger partial charge in [-0.3, -0.25) is 4.98 Å². The molecule has 0 N–H and O–H groups in total. The van der Waals surface area contributed by atoms with E-state index in [2.05, 4.69) is 62.9 Å². The van der Waals surface area contributed by atoms with E-state index < -0.39 is 8.32 Å². The summed E-state index contributed by atoms with van der Waals surface area (Å²) in [7, 11) is 0.472. The van der Waals surface area contributed by atoms with Crippen LogP contribution in [0, 0.1) is 0 Å². The van der Waals surface area contributed by atoms with Crippen molar-refractivity contribution >= 4 is 14.0 Å². The number of hydrogen-bond acceptors (Lipinski definition) is 3. The van der Waals surface area contributed by atoms with Crippen molar-refractivity contribution < 1.29 is 4.43 Å². The fourth-order valence-electron chi connectivity index (χ4n) is 1.85. The summed E-state index contributed by atoms with van der Waals surface area (Å²) in [5.41, 5.74) is 2.24. The van der Waals surface area contributed by atoms with E-state index in [4.69, 9.17) is 4.43 Å². The lowest BCUT2D eigenvalue weighted by molar-refractivity contribution is 0.272. The lowest BCUT2D eigenvalue weighted by atomic mass is 10.2. The molecule has 0 bridgehead atoms. The summed E-state index contributed by atoms with van der Waals surface area (Å²) in [4.78, 5) is 6.88. The molecule has 1 aliphatic carbocycles. The van der Waals surface area contributed by atoms with E-state index in [1.165, 1.54) is 18.5 Å². The maximum Gasteiger partial charge on any atom is 0.192 e. The first-order valence-electron chi connectivity index (χ1n) is 7.52. The average Bonchev–Trinajstić information content (AvgIpc) is 3.19. The van der Waals surface area contributed by atoms with Crippen LogP contribution in [-0.2, 0) is 11.0 Å². The Bertz CT molecular complexity index is 447. The van der Waals surface area contributed by atoms with E-state index >= 15 is 0 Å². The first kappa shape index (κ1) is 15.5. The summed E-state index contributed by atoms with van der Waals surface area (Å²) in [6, 6.07) is 4.99. The summed E-state index contributed by atoms with van der Waals surface area (Å²) in [6.07, 6.45) is 4.60. The smallest absolute Gasteiger partial charge is 0.192 e. The summed E-state index contributed by atoms with van der Waals surface area (Å²) in [6.45, 7) is 12.0. The number of pyridine rings is 1. The standard InChI is InChI=1S/C16H28N2OSi/c1-16(2,3)20(5,6)19-12-13-7-8-15(11-17-13)18(4)14-9-10-14/h7-8,11,14H,9-10,12H2,1-6H3. The first-order valence-corrected chi connectivity index (χ1v) is 10.4. The third kappa shape index (κ3) is 3.61. The van der Waals surface area contributed by atoms with E-state index in [1.54, 1.807) is 0 Å². The van der Waals surface area contributed by atoms with Crippen LogP contribution in [0.15, 0.2) is 18.3 Å². The molecule has 0 unspecified atom stereocenters. The Morgan fingerprint density at radius 1 is 1.30 bits per heavy atom. The Hall–Kier alpha value is -0.873. The van der Waals surface area contributed by atoms with Crippen molar-refractivity contribution in [2.75, 3.05) is 11.9 Å². The van der Waals surface area contributed by atoms with Gasteiger partial charge in [-0.05, 0) is 43.1 Å². The normalized spacial score (nSPS) is 16.3. The fraction of sp³-hybridized carbons (Fsp3) is 0.688. The second kappa shape index (κ2) is 5.49. The minimum Gasteiger partial charge on any atom is -0.411 e. The molecule has 0 spiro atoms. The summed E-state index contributed by atoms with van der Waals surface area (Å²) < 4.78 is 6.20. The van der Waals surface area contributed by atoms with E-state index in [9.17, 15) is 0 Å². The van der Waals surface area contributed by atoms with Crippen LogP contribution in [-0.4, -0.2) is 26.4 Å². The van der Waals surface area contributed by atoms with E-state index in [0.717, 1.165) is 11.7 Å². The zero-order chi connectivity index (χ0) is 15.0. The predicted octanol–water partition coefficient (Wildman–Crippen LogP) is 4.20. The van der Waals surface area contributed by atoms with Gasteiger partial charge >= 0.3 is 0 Å². The minimum atomic E-state index is -1.68. The van der Waals surface area contributed by atoms with Crippen LogP contribution in [0.5, 0.6) is 0 Å². The molecule has 0 aromatic carbocycles. The van der Waals surface area contributed by atoms with E-state index in [-0.39, 0.29) is 5.04 Å². The van der Waals surface area contributed by atoms with Gasteiger partial charge in [0.2, 0.25) is 0 Å². The maximum atomic E-state index is 6.20. The van der Waals surface area contributed by atoms with Gasteiger partial charge in [-0.2, -0.15) is 0 Å². The molecular weight excluding hydrogens is 264 g/mol. The third-order valence-electron chi connectivity index (χ3n) is 4.70. The van der Waals surface area contributed by atoms with Gasteiger partial charge in [-0.15, -0.1) is 0 Å². The molecule has 1 saturated carbocycles. The summed E-state index contributed by atoms with van der Waals surface area (Å²) in [5, 5.41) is 0.249. The molecule has 0 atom stereocenters. The van der Waals surface area contributed by atoms with Gasteiger partial charge in [0.1, 0.15) is 0 Å². The SMILES string of the molecule is CN(c1ccc(CO[Si](C)(C)C(C)(C)C)nc1)C1CC1. The van der Waals surface area contributed by atoms with Crippen molar-refractivity contribution in [3.63, 3.8) is 0 Å². The molecule has 2 rings (SSSR count). The van der Waals surface area contributed by atoms with Crippen molar-refractivity contribution in [1.29, 1.82) is 0 Å². The Morgan fingerprint density at radius 3 is 2.40 bits per heavy atom. The fourth-order valence-corrected chi connectivity index (χ4v) is 2.80. The van der Waals surface area contributed by atoms with E-state index in [0.29, 0.717) is 6.61 Å². The number of hydrogen-bond donors (Lipinski definition) is 0. The van der Waals surface area contributed by atoms with Crippen LogP contribution < -0.4 is 4.90 Å². The van der Waals surface area contributed by atoms with Gasteiger partial charge in [0, 0.05) is 13.1 Å². The van der Waals surface area contributed by atoms with Crippen LogP contribution in [0.25, 0.3) is 0 Å². The Balaban J connectivity index is 1.94. The molecule has 3 nitrogen and oxygen atoms in total. The van der Waals surface area contributed by atoms with Gasteiger partial charge in [0.05, 0.1) is 24.2 Å². The van der Waals surface area contributed by atoms with Crippen molar-refractivity contribution in [3.05, 3.63) is 24.0 Å². The first-order chi connectivity index (χ1) is 9.21. The van der Waals surface area contributed by atoms with Crippen molar-refractivity contribution in [2.45, 2.75) is 64.4 Å². The Morgan fingerprint density at radius 2 is 1.95 bits per heavy atom. The molecule has 20 heavy (non-hydrogen) atoms. The molecule has 1 aromatic heterocycles. The van der Waals surface area contributed by atoms with Crippen LogP contribution in [0.1, 0.15) is 39.3 Å². The zero-order valence-corrected chi connectivity index (χ0v) is 14.7. The predicted molar refractivity (Wildman–Crippen MR) is 87.6 cm³/mol. The number of aromatic nitrogens is 1. The molecule has 1 heterocycles. The highest BCUT2D eigenvalue weighted by Gasteiger charge is 2.37. The van der Waals surface area contributed by atoms with Crippen LogP contribution in [0.2, 0.25) is 18.1 Å². The average molecular weight is 292 g/mol. The molecule has 112 valence electrons. The maximum absolute atomic E-state index is 6.20. The lowest BCUT2D eigenvalue weighted by Crippen LogP contribution is -2.40. The summed E-state index contributed by atoms with van der Waals surface area (Å²) >= 11 is 0. The minimum absolute atomic E-state index is 0.249. The van der Waals surface area contributed by atoms with Crippen molar-refractivity contribution in [1.82, 2.24) is 4.98 Å². The number of anilines is 1. The van der Waals surface area contributed by atoms with E-state index in [1.807, 2.05) is 6.20 Å². The quantitative estimate of drug-likeness (QED) is 0.760. The van der Waals surface area contributed by atoms with Crippen LogP contribution in [0.4, 0.5) is 5.69 Å². The highest BCUT2D eigenvalue weighted by Crippen LogP contribution is 2.37. The van der Waals surface area contributed by atoms with Crippen LogP contribution >= 0.6 is 0 Å². The van der Waals surface area contributed by atoms with Gasteiger partial charge < -0.3 is 9.33 Å². The van der Waals surface area contributed by atoms with Crippen molar-refractivity contribution in [3.8, 4) is 0 Å². The lowest BCUT2D eigenvalue weighted by Gasteiger charge is -2.36. The Labute approximate surface area is 124 Å². The molecule has 0 aliphatic heterocycles. The van der Waals surface area contributed by atoms with Crippen molar-refractivity contribution in [2.24, 2.45) is 0 Å². The zero-order valence-electron chi connectivity index (χ0n) is 13.7. The summed E-state index contributed by atoms with van der Waals surface area (Å²) in [5.74, 6) is 0. The highest BCUT2D eigenvalue weighted by molar-refractivity contribution is 6.74. The molecule has 4 heteroatoms. The van der Waals surface area contributed by atoms with Gasteiger partial charge in [0.25, 0.3) is 0 Å². The molecule has 1 aliphatic rings. The number of nitrogens with zero attached hydrogens (tertiary/aromatic N) is 2. The second-order valence-corrected chi connectivity index (χ2v) is 12.2.